The molecule has 0 radical (unpaired) electrons. The Hall–Kier alpha value is -2.81. The number of ether oxygens (including phenoxy) is 1. The van der Waals surface area contributed by atoms with Gasteiger partial charge in [-0.2, -0.15) is 0 Å². The number of halogens is 1. The van der Waals surface area contributed by atoms with Crippen LogP contribution in [0.25, 0.3) is 0 Å². The van der Waals surface area contributed by atoms with E-state index in [-0.39, 0.29) is 31.2 Å². The molecule has 1 aromatic rings. The highest BCUT2D eigenvalue weighted by Crippen LogP contribution is 2.35. The summed E-state index contributed by atoms with van der Waals surface area (Å²) in [5.74, 6) is -0.389. The van der Waals surface area contributed by atoms with Crippen molar-refractivity contribution in [1.82, 2.24) is 21.1 Å². The molecule has 9 nitrogen and oxygen atoms in total. The molecule has 31 heavy (non-hydrogen) atoms. The highest BCUT2D eigenvalue weighted by molar-refractivity contribution is 6.30. The Balaban J connectivity index is 1.31. The largest absolute Gasteiger partial charge is 0.493 e. The van der Waals surface area contributed by atoms with Crippen molar-refractivity contribution in [2.45, 2.75) is 57.4 Å². The van der Waals surface area contributed by atoms with E-state index < -0.39 is 17.5 Å². The lowest BCUT2D eigenvalue weighted by Crippen LogP contribution is -2.45. The molecule has 168 valence electrons. The smallest absolute Gasteiger partial charge is 0.325 e. The number of hydrogen-bond acceptors (Lipinski definition) is 5. The minimum absolute atomic E-state index is 0.0254. The Morgan fingerprint density at radius 3 is 2.52 bits per heavy atom. The summed E-state index contributed by atoms with van der Waals surface area (Å²) < 4.78 is 5.62. The minimum Gasteiger partial charge on any atom is -0.493 e. The number of nitrogens with one attached hydrogen (secondary N) is 3. The molecule has 1 saturated carbocycles. The van der Waals surface area contributed by atoms with Crippen molar-refractivity contribution < 1.29 is 23.9 Å². The number of carbonyl (C=O) groups excluding carboxylic acids is 4. The minimum atomic E-state index is -0.783. The molecule has 2 aliphatic rings. The van der Waals surface area contributed by atoms with Gasteiger partial charge in [-0.3, -0.25) is 30.1 Å². The molecular weight excluding hydrogens is 424 g/mol. The van der Waals surface area contributed by atoms with Gasteiger partial charge >= 0.3 is 6.03 Å². The Labute approximate surface area is 185 Å². The van der Waals surface area contributed by atoms with Crippen molar-refractivity contribution in [3.05, 3.63) is 28.8 Å². The maximum atomic E-state index is 12.5. The second kappa shape index (κ2) is 10.00. The van der Waals surface area contributed by atoms with Gasteiger partial charge < -0.3 is 10.1 Å². The van der Waals surface area contributed by atoms with Gasteiger partial charge in [0.2, 0.25) is 11.8 Å². The van der Waals surface area contributed by atoms with Gasteiger partial charge in [-0.25, -0.2) is 4.79 Å². The third-order valence-corrected chi connectivity index (χ3v) is 5.78. The van der Waals surface area contributed by atoms with E-state index in [0.717, 1.165) is 23.3 Å². The second-order valence-electron chi connectivity index (χ2n) is 7.88. The van der Waals surface area contributed by atoms with Gasteiger partial charge in [-0.15, -0.1) is 0 Å². The topological polar surface area (TPSA) is 117 Å². The molecule has 0 bridgehead atoms. The van der Waals surface area contributed by atoms with Gasteiger partial charge in [0.15, 0.2) is 0 Å². The van der Waals surface area contributed by atoms with Crippen LogP contribution in [0.3, 0.4) is 0 Å². The van der Waals surface area contributed by atoms with Gasteiger partial charge in [-0.05, 0) is 49.9 Å². The molecule has 1 aliphatic heterocycles. The summed E-state index contributed by atoms with van der Waals surface area (Å²) in [6.45, 7) is 2.20. The van der Waals surface area contributed by atoms with E-state index >= 15 is 0 Å². The number of carbonyl (C=O) groups is 4. The van der Waals surface area contributed by atoms with E-state index in [4.69, 9.17) is 16.3 Å². The number of aryl methyl sites for hydroxylation is 1. The van der Waals surface area contributed by atoms with E-state index in [2.05, 4.69) is 16.2 Å². The summed E-state index contributed by atoms with van der Waals surface area (Å²) in [6.07, 6.45) is 3.62. The van der Waals surface area contributed by atoms with Crippen molar-refractivity contribution >= 4 is 35.4 Å². The quantitative estimate of drug-likeness (QED) is 0.319. The molecule has 1 aliphatic carbocycles. The molecule has 1 saturated heterocycles. The third kappa shape index (κ3) is 5.66. The lowest BCUT2D eigenvalue weighted by molar-refractivity contribution is -0.132. The number of imide groups is 1. The Kier molecular flexibility index (Phi) is 7.37. The van der Waals surface area contributed by atoms with Gasteiger partial charge in [0.1, 0.15) is 11.3 Å². The van der Waals surface area contributed by atoms with Crippen LogP contribution >= 0.6 is 11.6 Å². The SMILES string of the molecule is Cc1cc(Cl)ccc1OCCCC(=O)NNC(=O)CCN1C(=O)NC2(CCCC2)C1=O. The molecule has 0 unspecified atom stereocenters. The van der Waals surface area contributed by atoms with Gasteiger partial charge in [-0.1, -0.05) is 24.4 Å². The molecule has 10 heteroatoms. The molecule has 1 spiro atoms. The van der Waals surface area contributed by atoms with E-state index in [1.54, 1.807) is 18.2 Å². The molecule has 3 N–H and O–H groups in total. The highest BCUT2D eigenvalue weighted by atomic mass is 35.5. The summed E-state index contributed by atoms with van der Waals surface area (Å²) in [7, 11) is 0. The molecule has 1 heterocycles. The van der Waals surface area contributed by atoms with Crippen molar-refractivity contribution in [3.63, 3.8) is 0 Å². The van der Waals surface area contributed by atoms with Crippen LogP contribution in [0.4, 0.5) is 4.79 Å². The van der Waals surface area contributed by atoms with Crippen LogP contribution in [0.2, 0.25) is 5.02 Å². The van der Waals surface area contributed by atoms with Crippen molar-refractivity contribution in [2.24, 2.45) is 0 Å². The zero-order valence-electron chi connectivity index (χ0n) is 17.5. The third-order valence-electron chi connectivity index (χ3n) is 5.55. The van der Waals surface area contributed by atoms with Crippen LogP contribution in [0.15, 0.2) is 18.2 Å². The van der Waals surface area contributed by atoms with Crippen molar-refractivity contribution in [2.75, 3.05) is 13.2 Å². The van der Waals surface area contributed by atoms with Crippen LogP contribution in [-0.4, -0.2) is 47.3 Å². The van der Waals surface area contributed by atoms with Gasteiger partial charge in [0, 0.05) is 24.4 Å². The predicted octanol–water partition coefficient (Wildman–Crippen LogP) is 2.21. The van der Waals surface area contributed by atoms with Crippen LogP contribution in [0.1, 0.15) is 50.5 Å². The summed E-state index contributed by atoms with van der Waals surface area (Å²) in [4.78, 5) is 49.6. The zero-order chi connectivity index (χ0) is 22.4. The van der Waals surface area contributed by atoms with Crippen LogP contribution in [0, 0.1) is 6.92 Å². The fourth-order valence-electron chi connectivity index (χ4n) is 3.86. The zero-order valence-corrected chi connectivity index (χ0v) is 18.2. The molecule has 3 rings (SSSR count). The average molecular weight is 451 g/mol. The standard InChI is InChI=1S/C21H27ClN4O5/c1-14-13-15(22)6-7-16(14)31-12-4-5-17(27)24-25-18(28)8-11-26-19(29)21(23-20(26)30)9-2-3-10-21/h6-7,13H,2-5,8-12H2,1H3,(H,23,30)(H,24,27)(H,25,28). The average Bonchev–Trinajstić information content (AvgIpc) is 3.28. The van der Waals surface area contributed by atoms with Crippen molar-refractivity contribution in [1.29, 1.82) is 0 Å². The predicted molar refractivity (Wildman–Crippen MR) is 113 cm³/mol. The van der Waals surface area contributed by atoms with E-state index in [0.29, 0.717) is 36.6 Å². The lowest BCUT2D eigenvalue weighted by atomic mass is 9.98. The van der Waals surface area contributed by atoms with E-state index in [1.165, 1.54) is 0 Å². The normalized spacial score (nSPS) is 17.0. The van der Waals surface area contributed by atoms with Crippen LogP contribution in [0.5, 0.6) is 5.75 Å². The highest BCUT2D eigenvalue weighted by Gasteiger charge is 2.52. The number of hydrazine groups is 1. The summed E-state index contributed by atoms with van der Waals surface area (Å²) in [6, 6.07) is 4.85. The fraction of sp³-hybridized carbons (Fsp3) is 0.524. The Bertz CT molecular complexity index is 869. The number of urea groups is 1. The first kappa shape index (κ1) is 22.9. The second-order valence-corrected chi connectivity index (χ2v) is 8.32. The van der Waals surface area contributed by atoms with Crippen molar-refractivity contribution in [3.8, 4) is 5.75 Å². The number of amides is 5. The molecule has 0 aromatic heterocycles. The van der Waals surface area contributed by atoms with Crippen LogP contribution in [-0.2, 0) is 14.4 Å². The molecule has 0 atom stereocenters. The van der Waals surface area contributed by atoms with Crippen LogP contribution < -0.4 is 20.9 Å². The maximum absolute atomic E-state index is 12.5. The summed E-state index contributed by atoms with van der Waals surface area (Å²) in [5.41, 5.74) is 4.77. The molecular formula is C21H27ClN4O5. The monoisotopic (exact) mass is 450 g/mol. The van der Waals surface area contributed by atoms with E-state index in [1.807, 2.05) is 6.92 Å². The summed E-state index contributed by atoms with van der Waals surface area (Å²) >= 11 is 5.90. The first-order valence-electron chi connectivity index (χ1n) is 10.4. The first-order valence-corrected chi connectivity index (χ1v) is 10.8. The van der Waals surface area contributed by atoms with Gasteiger partial charge in [0.05, 0.1) is 6.61 Å². The fourth-order valence-corrected chi connectivity index (χ4v) is 4.09. The Morgan fingerprint density at radius 1 is 1.16 bits per heavy atom. The van der Waals surface area contributed by atoms with E-state index in [9.17, 15) is 19.2 Å². The molecule has 5 amide bonds. The molecule has 1 aromatic carbocycles. The number of rotatable bonds is 8. The maximum Gasteiger partial charge on any atom is 0.325 e. The number of nitrogens with zero attached hydrogens (tertiary/aromatic N) is 1. The first-order chi connectivity index (χ1) is 14.8. The number of hydrogen-bond donors (Lipinski definition) is 3. The Morgan fingerprint density at radius 2 is 1.84 bits per heavy atom. The number of benzene rings is 1. The summed E-state index contributed by atoms with van der Waals surface area (Å²) in [5, 5.41) is 3.40. The lowest BCUT2D eigenvalue weighted by Gasteiger charge is -2.19. The van der Waals surface area contributed by atoms with Gasteiger partial charge in [0.25, 0.3) is 5.91 Å². The molecule has 2 fully saturated rings.